The molecule has 0 bridgehead atoms. The number of carbonyl (C=O) groups is 2. The van der Waals surface area contributed by atoms with Crippen LogP contribution in [0.25, 0.3) is 17.1 Å². The SMILES string of the molecule is Cc1ccc(-n2cnc(-c3ccc(NC(=O)/N=C4\SCC(=O)N4c4c(C)cccc4C)cc3)n2)cc1. The van der Waals surface area contributed by atoms with Crippen molar-refractivity contribution in [3.05, 3.63) is 89.7 Å². The Balaban J connectivity index is 1.30. The second-order valence-corrected chi connectivity index (χ2v) is 9.45. The van der Waals surface area contributed by atoms with E-state index < -0.39 is 6.03 Å². The predicted octanol–water partition coefficient (Wildman–Crippen LogP) is 5.53. The van der Waals surface area contributed by atoms with Gasteiger partial charge in [0.25, 0.3) is 0 Å². The third-order valence-electron chi connectivity index (χ3n) is 5.81. The van der Waals surface area contributed by atoms with Crippen molar-refractivity contribution in [3.8, 4) is 17.1 Å². The molecule has 1 N–H and O–H groups in total. The molecule has 0 saturated carbocycles. The van der Waals surface area contributed by atoms with Crippen LogP contribution in [0, 0.1) is 20.8 Å². The van der Waals surface area contributed by atoms with E-state index >= 15 is 0 Å². The van der Waals surface area contributed by atoms with Gasteiger partial charge in [-0.2, -0.15) is 4.99 Å². The minimum absolute atomic E-state index is 0.0918. The Labute approximate surface area is 213 Å². The number of aryl methyl sites for hydroxylation is 3. The van der Waals surface area contributed by atoms with Crippen molar-refractivity contribution in [2.75, 3.05) is 16.0 Å². The molecule has 5 rings (SSSR count). The molecule has 8 nitrogen and oxygen atoms in total. The van der Waals surface area contributed by atoms with Gasteiger partial charge in [0.2, 0.25) is 5.91 Å². The molecule has 1 aliphatic heterocycles. The van der Waals surface area contributed by atoms with Crippen molar-refractivity contribution < 1.29 is 9.59 Å². The van der Waals surface area contributed by atoms with E-state index in [4.69, 9.17) is 0 Å². The lowest BCUT2D eigenvalue weighted by Gasteiger charge is -2.20. The molecular formula is C27H24N6O2S. The van der Waals surface area contributed by atoms with Crippen LogP contribution in [0.2, 0.25) is 0 Å². The van der Waals surface area contributed by atoms with Crippen LogP contribution >= 0.6 is 11.8 Å². The van der Waals surface area contributed by atoms with E-state index in [1.54, 1.807) is 23.1 Å². The predicted molar refractivity (Wildman–Crippen MR) is 144 cm³/mol. The minimum Gasteiger partial charge on any atom is -0.306 e. The van der Waals surface area contributed by atoms with Crippen molar-refractivity contribution in [1.29, 1.82) is 0 Å². The number of benzene rings is 3. The monoisotopic (exact) mass is 496 g/mol. The van der Waals surface area contributed by atoms with Crippen molar-refractivity contribution in [2.45, 2.75) is 20.8 Å². The molecule has 2 heterocycles. The molecule has 0 spiro atoms. The van der Waals surface area contributed by atoms with Gasteiger partial charge in [0.1, 0.15) is 6.33 Å². The topological polar surface area (TPSA) is 92.5 Å². The Kier molecular flexibility index (Phi) is 6.39. The number of amidine groups is 1. The zero-order chi connectivity index (χ0) is 25.2. The smallest absolute Gasteiger partial charge is 0.306 e. The summed E-state index contributed by atoms with van der Waals surface area (Å²) in [4.78, 5) is 35.4. The van der Waals surface area contributed by atoms with E-state index in [1.807, 2.05) is 75.4 Å². The van der Waals surface area contributed by atoms with Crippen LogP contribution in [0.5, 0.6) is 0 Å². The number of aromatic nitrogens is 3. The zero-order valence-corrected chi connectivity index (χ0v) is 20.9. The average molecular weight is 497 g/mol. The van der Waals surface area contributed by atoms with Gasteiger partial charge in [-0.1, -0.05) is 47.7 Å². The number of aliphatic imine (C=N–C) groups is 1. The molecule has 1 aromatic heterocycles. The zero-order valence-electron chi connectivity index (χ0n) is 20.1. The summed E-state index contributed by atoms with van der Waals surface area (Å²) in [5, 5.41) is 7.70. The van der Waals surface area contributed by atoms with Gasteiger partial charge in [-0.15, -0.1) is 5.10 Å². The number of hydrogen-bond donors (Lipinski definition) is 1. The van der Waals surface area contributed by atoms with Gasteiger partial charge in [0, 0.05) is 11.3 Å². The fraction of sp³-hybridized carbons (Fsp3) is 0.148. The number of thioether (sulfide) groups is 1. The fourth-order valence-corrected chi connectivity index (χ4v) is 4.83. The third kappa shape index (κ3) is 4.78. The van der Waals surface area contributed by atoms with E-state index in [2.05, 4.69) is 20.4 Å². The Bertz CT molecular complexity index is 1450. The first kappa shape index (κ1) is 23.5. The van der Waals surface area contributed by atoms with Crippen LogP contribution < -0.4 is 10.2 Å². The number of nitrogens with one attached hydrogen (secondary N) is 1. The van der Waals surface area contributed by atoms with Gasteiger partial charge >= 0.3 is 6.03 Å². The van der Waals surface area contributed by atoms with E-state index in [0.29, 0.717) is 16.7 Å². The van der Waals surface area contributed by atoms with E-state index in [0.717, 1.165) is 28.1 Å². The van der Waals surface area contributed by atoms with E-state index in [1.165, 1.54) is 22.2 Å². The van der Waals surface area contributed by atoms with Gasteiger partial charge in [-0.05, 0) is 68.3 Å². The molecule has 0 radical (unpaired) electrons. The summed E-state index contributed by atoms with van der Waals surface area (Å²) in [6, 6.07) is 20.5. The third-order valence-corrected chi connectivity index (χ3v) is 6.73. The number of carbonyl (C=O) groups excluding carboxylic acids is 2. The number of urea groups is 1. The highest BCUT2D eigenvalue weighted by atomic mass is 32.2. The second kappa shape index (κ2) is 9.79. The van der Waals surface area contributed by atoms with Crippen LogP contribution in [-0.2, 0) is 4.79 Å². The summed E-state index contributed by atoms with van der Waals surface area (Å²) < 4.78 is 1.73. The largest absolute Gasteiger partial charge is 0.347 e. The molecule has 0 unspecified atom stereocenters. The first-order chi connectivity index (χ1) is 17.4. The molecule has 0 aliphatic carbocycles. The number of hydrogen-bond acceptors (Lipinski definition) is 5. The summed E-state index contributed by atoms with van der Waals surface area (Å²) in [6.07, 6.45) is 1.67. The minimum atomic E-state index is -0.544. The van der Waals surface area contributed by atoms with Crippen molar-refractivity contribution in [1.82, 2.24) is 14.8 Å². The van der Waals surface area contributed by atoms with Gasteiger partial charge in [-0.25, -0.2) is 14.5 Å². The van der Waals surface area contributed by atoms with Crippen LogP contribution in [0.4, 0.5) is 16.2 Å². The lowest BCUT2D eigenvalue weighted by Crippen LogP contribution is -2.31. The maximum Gasteiger partial charge on any atom is 0.347 e. The summed E-state index contributed by atoms with van der Waals surface area (Å²) in [5.74, 6) is 0.737. The standard InChI is InChI=1S/C27H24N6O2S/c1-17-7-13-22(14-8-17)32-16-28-25(31-32)20-9-11-21(12-10-20)29-26(35)30-27-33(23(34)15-36-27)24-18(2)5-4-6-19(24)3/h4-14,16H,15H2,1-3H3,(H,29,35)/b30-27-. The van der Waals surface area contributed by atoms with E-state index in [9.17, 15) is 9.59 Å². The normalized spacial score (nSPS) is 14.5. The van der Waals surface area contributed by atoms with Crippen LogP contribution in [0.15, 0.2) is 78.0 Å². The van der Waals surface area contributed by atoms with E-state index in [-0.39, 0.29) is 11.7 Å². The molecule has 0 atom stereocenters. The summed E-state index contributed by atoms with van der Waals surface area (Å²) in [7, 11) is 0. The van der Waals surface area contributed by atoms with Gasteiger partial charge < -0.3 is 5.32 Å². The Morgan fingerprint density at radius 2 is 1.67 bits per heavy atom. The van der Waals surface area contributed by atoms with Gasteiger partial charge in [0.15, 0.2) is 11.0 Å². The first-order valence-electron chi connectivity index (χ1n) is 11.4. The molecule has 36 heavy (non-hydrogen) atoms. The molecule has 3 amide bonds. The van der Waals surface area contributed by atoms with Crippen molar-refractivity contribution in [2.24, 2.45) is 4.99 Å². The number of amides is 3. The van der Waals surface area contributed by atoms with Gasteiger partial charge in [-0.3, -0.25) is 9.69 Å². The molecule has 1 aliphatic rings. The maximum absolute atomic E-state index is 12.7. The summed E-state index contributed by atoms with van der Waals surface area (Å²) in [5.41, 5.74) is 6.20. The first-order valence-corrected chi connectivity index (χ1v) is 12.4. The highest BCUT2D eigenvalue weighted by Crippen LogP contribution is 2.32. The summed E-state index contributed by atoms with van der Waals surface area (Å²) >= 11 is 1.26. The summed E-state index contributed by atoms with van der Waals surface area (Å²) in [6.45, 7) is 5.92. The average Bonchev–Trinajstić information content (AvgIpc) is 3.48. The number of para-hydroxylation sites is 1. The maximum atomic E-state index is 12.7. The quantitative estimate of drug-likeness (QED) is 0.401. The molecule has 1 fully saturated rings. The highest BCUT2D eigenvalue weighted by molar-refractivity contribution is 8.15. The Hall–Kier alpha value is -4.24. The molecule has 9 heteroatoms. The lowest BCUT2D eigenvalue weighted by molar-refractivity contribution is -0.115. The fourth-order valence-electron chi connectivity index (χ4n) is 3.98. The van der Waals surface area contributed by atoms with Crippen molar-refractivity contribution >= 4 is 40.2 Å². The van der Waals surface area contributed by atoms with Crippen LogP contribution in [-0.4, -0.2) is 37.6 Å². The molecule has 3 aromatic carbocycles. The number of anilines is 2. The van der Waals surface area contributed by atoms with Crippen molar-refractivity contribution in [3.63, 3.8) is 0 Å². The molecule has 4 aromatic rings. The Morgan fingerprint density at radius 1 is 0.972 bits per heavy atom. The second-order valence-electron chi connectivity index (χ2n) is 8.51. The van der Waals surface area contributed by atoms with Crippen LogP contribution in [0.3, 0.4) is 0 Å². The highest BCUT2D eigenvalue weighted by Gasteiger charge is 2.32. The van der Waals surface area contributed by atoms with Gasteiger partial charge in [0.05, 0.1) is 17.1 Å². The molecular weight excluding hydrogens is 472 g/mol. The Morgan fingerprint density at radius 3 is 2.36 bits per heavy atom. The lowest BCUT2D eigenvalue weighted by atomic mass is 10.1. The molecule has 1 saturated heterocycles. The van der Waals surface area contributed by atoms with Crippen LogP contribution in [0.1, 0.15) is 16.7 Å². The molecule has 180 valence electrons. The number of rotatable bonds is 4. The number of nitrogens with zero attached hydrogens (tertiary/aromatic N) is 5.